The maximum Gasteiger partial charge on any atom is 0.328 e. The molecule has 3 N–H and O–H groups in total. The van der Waals surface area contributed by atoms with Gasteiger partial charge in [0.2, 0.25) is 0 Å². The first-order valence-electron chi connectivity index (χ1n) is 8.76. The van der Waals surface area contributed by atoms with Gasteiger partial charge >= 0.3 is 5.97 Å². The number of aliphatic hydroxyl groups is 1. The smallest absolute Gasteiger partial charge is 0.328 e. The summed E-state index contributed by atoms with van der Waals surface area (Å²) in [6.45, 7) is 0. The van der Waals surface area contributed by atoms with Gasteiger partial charge in [-0.1, -0.05) is 42.5 Å². The molecule has 1 heterocycles. The number of carboxylic acids is 1. The second-order valence-corrected chi connectivity index (χ2v) is 6.71. The Morgan fingerprint density at radius 1 is 1.04 bits per heavy atom. The SMILES string of the molecule is O=C(N[C@H]1c2ccccc2C[C@H]1O)C1=NN(c2ccccc2)C(C(=O)O)C1. The zero-order valence-electron chi connectivity index (χ0n) is 14.4. The zero-order chi connectivity index (χ0) is 19.0. The van der Waals surface area contributed by atoms with E-state index in [0.717, 1.165) is 11.1 Å². The fraction of sp³-hybridized carbons (Fsp3) is 0.250. The van der Waals surface area contributed by atoms with Crippen LogP contribution in [0.25, 0.3) is 0 Å². The van der Waals surface area contributed by atoms with E-state index >= 15 is 0 Å². The van der Waals surface area contributed by atoms with E-state index in [1.165, 1.54) is 5.01 Å². The molecule has 0 radical (unpaired) electrons. The van der Waals surface area contributed by atoms with Crippen molar-refractivity contribution < 1.29 is 19.8 Å². The number of hydrazone groups is 1. The van der Waals surface area contributed by atoms with E-state index in [-0.39, 0.29) is 12.1 Å². The van der Waals surface area contributed by atoms with E-state index in [1.54, 1.807) is 24.3 Å². The number of hydrogen-bond donors (Lipinski definition) is 3. The number of para-hydroxylation sites is 1. The lowest BCUT2D eigenvalue weighted by Gasteiger charge is -2.19. The standard InChI is InChI=1S/C20H19N3O4/c24-17-10-12-6-4-5-9-14(12)18(17)21-19(25)15-11-16(20(26)27)23(22-15)13-7-2-1-3-8-13/h1-9,16-18,24H,10-11H2,(H,21,25)(H,26,27)/t16?,17-,18+/m1/s1. The number of carbonyl (C=O) groups is 2. The van der Waals surface area contributed by atoms with Gasteiger partial charge in [0.1, 0.15) is 5.71 Å². The number of aliphatic hydroxyl groups excluding tert-OH is 1. The van der Waals surface area contributed by atoms with E-state index in [1.807, 2.05) is 30.3 Å². The maximum absolute atomic E-state index is 12.7. The van der Waals surface area contributed by atoms with Gasteiger partial charge in [-0.2, -0.15) is 5.10 Å². The van der Waals surface area contributed by atoms with Crippen molar-refractivity contribution in [3.63, 3.8) is 0 Å². The Bertz CT molecular complexity index is 912. The quantitative estimate of drug-likeness (QED) is 0.762. The molecule has 1 aliphatic carbocycles. The summed E-state index contributed by atoms with van der Waals surface area (Å²) in [7, 11) is 0. The number of aliphatic carboxylic acids is 1. The van der Waals surface area contributed by atoms with Crippen molar-refractivity contribution >= 4 is 23.3 Å². The molecule has 0 saturated heterocycles. The van der Waals surface area contributed by atoms with Gasteiger partial charge in [-0.05, 0) is 23.3 Å². The van der Waals surface area contributed by atoms with Crippen LogP contribution in [0.3, 0.4) is 0 Å². The number of carbonyl (C=O) groups excluding carboxylic acids is 1. The second kappa shape index (κ2) is 6.85. The van der Waals surface area contributed by atoms with Crippen LogP contribution in [0.1, 0.15) is 23.6 Å². The van der Waals surface area contributed by atoms with Crippen LogP contribution in [-0.4, -0.2) is 39.9 Å². The highest BCUT2D eigenvalue weighted by Crippen LogP contribution is 2.32. The third-order valence-electron chi connectivity index (χ3n) is 4.97. The van der Waals surface area contributed by atoms with Crippen LogP contribution in [0, 0.1) is 0 Å². The fourth-order valence-corrected chi connectivity index (χ4v) is 3.63. The summed E-state index contributed by atoms with van der Waals surface area (Å²) in [5, 5.41) is 28.3. The van der Waals surface area contributed by atoms with Gasteiger partial charge in [0.15, 0.2) is 6.04 Å². The van der Waals surface area contributed by atoms with E-state index in [2.05, 4.69) is 10.4 Å². The molecule has 0 bridgehead atoms. The Balaban J connectivity index is 1.56. The molecule has 7 nitrogen and oxygen atoms in total. The lowest BCUT2D eigenvalue weighted by atomic mass is 10.1. The van der Waals surface area contributed by atoms with Gasteiger partial charge in [-0.3, -0.25) is 9.80 Å². The number of nitrogens with zero attached hydrogens (tertiary/aromatic N) is 2. The van der Waals surface area contributed by atoms with Crippen LogP contribution < -0.4 is 10.3 Å². The Labute approximate surface area is 155 Å². The highest BCUT2D eigenvalue weighted by Gasteiger charge is 2.38. The molecule has 2 aromatic carbocycles. The number of nitrogens with one attached hydrogen (secondary N) is 1. The van der Waals surface area contributed by atoms with E-state index < -0.39 is 30.1 Å². The molecular weight excluding hydrogens is 346 g/mol. The van der Waals surface area contributed by atoms with Crippen molar-refractivity contribution in [3.8, 4) is 0 Å². The summed E-state index contributed by atoms with van der Waals surface area (Å²) in [4.78, 5) is 24.4. The first kappa shape index (κ1) is 17.2. The summed E-state index contributed by atoms with van der Waals surface area (Å²) in [5.74, 6) is -1.50. The van der Waals surface area contributed by atoms with Crippen LogP contribution >= 0.6 is 0 Å². The molecule has 1 amide bonds. The van der Waals surface area contributed by atoms with Crippen molar-refractivity contribution in [2.45, 2.75) is 31.0 Å². The average molecular weight is 365 g/mol. The van der Waals surface area contributed by atoms with Crippen molar-refractivity contribution in [1.82, 2.24) is 5.32 Å². The van der Waals surface area contributed by atoms with Crippen LogP contribution in [0.2, 0.25) is 0 Å². The Kier molecular flexibility index (Phi) is 4.37. The predicted octanol–water partition coefficient (Wildman–Crippen LogP) is 1.48. The number of hydrogen-bond acceptors (Lipinski definition) is 5. The van der Waals surface area contributed by atoms with E-state index in [0.29, 0.717) is 12.1 Å². The van der Waals surface area contributed by atoms with Crippen LogP contribution in [0.15, 0.2) is 59.7 Å². The summed E-state index contributed by atoms with van der Waals surface area (Å²) < 4.78 is 0. The Morgan fingerprint density at radius 3 is 2.48 bits per heavy atom. The molecule has 7 heteroatoms. The summed E-state index contributed by atoms with van der Waals surface area (Å²) in [5.41, 5.74) is 2.63. The lowest BCUT2D eigenvalue weighted by molar-refractivity contribution is -0.138. The number of carboxylic acid groups (broad SMARTS) is 1. The van der Waals surface area contributed by atoms with Gasteiger partial charge in [0.05, 0.1) is 17.8 Å². The topological polar surface area (TPSA) is 102 Å². The molecule has 0 spiro atoms. The fourth-order valence-electron chi connectivity index (χ4n) is 3.63. The van der Waals surface area contributed by atoms with Crippen molar-refractivity contribution in [2.75, 3.05) is 5.01 Å². The summed E-state index contributed by atoms with van der Waals surface area (Å²) in [6.07, 6.45) is -0.240. The van der Waals surface area contributed by atoms with E-state index in [4.69, 9.17) is 0 Å². The van der Waals surface area contributed by atoms with Gasteiger partial charge in [0.25, 0.3) is 5.91 Å². The molecule has 0 aromatic heterocycles. The molecule has 27 heavy (non-hydrogen) atoms. The summed E-state index contributed by atoms with van der Waals surface area (Å²) >= 11 is 0. The molecule has 4 rings (SSSR count). The molecule has 138 valence electrons. The van der Waals surface area contributed by atoms with Crippen LogP contribution in [0.5, 0.6) is 0 Å². The third-order valence-corrected chi connectivity index (χ3v) is 4.97. The zero-order valence-corrected chi connectivity index (χ0v) is 14.4. The molecule has 3 atom stereocenters. The molecule has 0 saturated carbocycles. The molecule has 2 aromatic rings. The van der Waals surface area contributed by atoms with Gasteiger partial charge in [0, 0.05) is 12.8 Å². The van der Waals surface area contributed by atoms with Gasteiger partial charge in [-0.25, -0.2) is 4.79 Å². The van der Waals surface area contributed by atoms with Gasteiger partial charge < -0.3 is 15.5 Å². The van der Waals surface area contributed by atoms with Crippen LogP contribution in [0.4, 0.5) is 5.69 Å². The first-order chi connectivity index (χ1) is 13.0. The van der Waals surface area contributed by atoms with Crippen molar-refractivity contribution in [2.24, 2.45) is 5.10 Å². The minimum atomic E-state index is -1.04. The Morgan fingerprint density at radius 2 is 1.74 bits per heavy atom. The number of anilines is 1. The molecule has 2 aliphatic rings. The molecular formula is C20H19N3O4. The highest BCUT2D eigenvalue weighted by atomic mass is 16.4. The number of rotatable bonds is 4. The number of benzene rings is 2. The van der Waals surface area contributed by atoms with Crippen molar-refractivity contribution in [1.29, 1.82) is 0 Å². The molecule has 1 aliphatic heterocycles. The highest BCUT2D eigenvalue weighted by molar-refractivity contribution is 6.40. The van der Waals surface area contributed by atoms with Crippen LogP contribution in [-0.2, 0) is 16.0 Å². The monoisotopic (exact) mass is 365 g/mol. The summed E-state index contributed by atoms with van der Waals surface area (Å²) in [6, 6.07) is 15.0. The van der Waals surface area contributed by atoms with Crippen molar-refractivity contribution in [3.05, 3.63) is 65.7 Å². The average Bonchev–Trinajstić information content (AvgIpc) is 3.25. The molecule has 1 unspecified atom stereocenters. The Hall–Kier alpha value is -3.19. The minimum absolute atomic E-state index is 0.000519. The first-order valence-corrected chi connectivity index (χ1v) is 8.76. The maximum atomic E-state index is 12.7. The largest absolute Gasteiger partial charge is 0.480 e. The normalized spacial score (nSPS) is 23.7. The second-order valence-electron chi connectivity index (χ2n) is 6.71. The third kappa shape index (κ3) is 3.17. The minimum Gasteiger partial charge on any atom is -0.480 e. The molecule has 0 fully saturated rings. The number of fused-ring (bicyclic) bond motifs is 1. The predicted molar refractivity (Wildman–Crippen MR) is 99.4 cm³/mol. The lowest BCUT2D eigenvalue weighted by Crippen LogP contribution is -2.38. The van der Waals surface area contributed by atoms with Gasteiger partial charge in [-0.15, -0.1) is 0 Å². The number of amides is 1. The van der Waals surface area contributed by atoms with E-state index in [9.17, 15) is 19.8 Å².